The number of benzene rings is 1. The van der Waals surface area contributed by atoms with Gasteiger partial charge in [-0.15, -0.1) is 0 Å². The van der Waals surface area contributed by atoms with Crippen molar-refractivity contribution in [3.63, 3.8) is 0 Å². The first-order valence-corrected chi connectivity index (χ1v) is 6.78. The van der Waals surface area contributed by atoms with E-state index in [4.69, 9.17) is 4.74 Å². The lowest BCUT2D eigenvalue weighted by Gasteiger charge is -2.24. The molecule has 0 radical (unpaired) electrons. The van der Waals surface area contributed by atoms with Crippen LogP contribution < -0.4 is 5.32 Å². The highest BCUT2D eigenvalue weighted by Crippen LogP contribution is 2.18. The van der Waals surface area contributed by atoms with Crippen molar-refractivity contribution in [1.29, 1.82) is 0 Å². The average molecular weight is 300 g/mol. The lowest BCUT2D eigenvalue weighted by molar-refractivity contribution is 0.0154. The topological polar surface area (TPSA) is 21.3 Å². The Hall–Kier alpha value is -0.380. The van der Waals surface area contributed by atoms with Crippen LogP contribution in [0.25, 0.3) is 0 Å². The molecule has 17 heavy (non-hydrogen) atoms. The summed E-state index contributed by atoms with van der Waals surface area (Å²) in [6.07, 6.45) is 1.00. The summed E-state index contributed by atoms with van der Waals surface area (Å²) < 4.78 is 6.52. The van der Waals surface area contributed by atoms with Crippen LogP contribution in [0, 0.1) is 0 Å². The molecule has 0 fully saturated rings. The molecule has 0 spiro atoms. The number of rotatable bonds is 6. The number of methoxy groups -OCH3 is 1. The van der Waals surface area contributed by atoms with Crippen molar-refractivity contribution < 1.29 is 4.74 Å². The van der Waals surface area contributed by atoms with E-state index in [9.17, 15) is 0 Å². The number of halogens is 1. The van der Waals surface area contributed by atoms with Gasteiger partial charge in [0.05, 0.1) is 5.60 Å². The first kappa shape index (κ1) is 14.7. The molecule has 0 unspecified atom stereocenters. The zero-order valence-corrected chi connectivity index (χ0v) is 12.7. The van der Waals surface area contributed by atoms with Crippen LogP contribution in [-0.4, -0.2) is 19.3 Å². The van der Waals surface area contributed by atoms with E-state index in [1.807, 2.05) is 6.07 Å². The first-order chi connectivity index (χ1) is 7.94. The van der Waals surface area contributed by atoms with Crippen molar-refractivity contribution in [2.75, 3.05) is 13.7 Å². The normalized spacial score (nSPS) is 13.7. The summed E-state index contributed by atoms with van der Waals surface area (Å²) in [6.45, 7) is 7.35. The molecule has 0 aliphatic carbocycles. The Morgan fingerprint density at radius 1 is 1.41 bits per heavy atom. The largest absolute Gasteiger partial charge is 0.379 e. The van der Waals surface area contributed by atoms with Crippen molar-refractivity contribution in [2.24, 2.45) is 0 Å². The quantitative estimate of drug-likeness (QED) is 0.860. The highest BCUT2D eigenvalue weighted by Gasteiger charge is 2.16. The number of hydrogen-bond acceptors (Lipinski definition) is 2. The number of nitrogens with one attached hydrogen (secondary N) is 1. The Bertz CT molecular complexity index is 352. The smallest absolute Gasteiger partial charge is 0.0634 e. The lowest BCUT2D eigenvalue weighted by atomic mass is 10.0. The van der Waals surface area contributed by atoms with Crippen molar-refractivity contribution in [3.05, 3.63) is 34.3 Å². The van der Waals surface area contributed by atoms with E-state index >= 15 is 0 Å². The van der Waals surface area contributed by atoms with Gasteiger partial charge in [0.2, 0.25) is 0 Å². The second-order valence-electron chi connectivity index (χ2n) is 4.94. The van der Waals surface area contributed by atoms with E-state index < -0.39 is 0 Å². The highest BCUT2D eigenvalue weighted by molar-refractivity contribution is 9.10. The summed E-state index contributed by atoms with van der Waals surface area (Å²) >= 11 is 3.49. The van der Waals surface area contributed by atoms with Crippen molar-refractivity contribution in [2.45, 2.75) is 38.8 Å². The Kier molecular flexibility index (Phi) is 5.63. The van der Waals surface area contributed by atoms with Crippen LogP contribution in [0.5, 0.6) is 0 Å². The zero-order valence-electron chi connectivity index (χ0n) is 11.1. The van der Waals surface area contributed by atoms with Crippen LogP contribution in [0.2, 0.25) is 0 Å². The summed E-state index contributed by atoms with van der Waals surface area (Å²) in [5.74, 6) is 0. The summed E-state index contributed by atoms with van der Waals surface area (Å²) in [5, 5.41) is 3.52. The summed E-state index contributed by atoms with van der Waals surface area (Å²) in [7, 11) is 1.76. The maximum absolute atomic E-state index is 5.40. The molecule has 0 saturated carbocycles. The van der Waals surface area contributed by atoms with E-state index in [1.165, 1.54) is 5.56 Å². The van der Waals surface area contributed by atoms with Crippen molar-refractivity contribution in [1.82, 2.24) is 5.32 Å². The van der Waals surface area contributed by atoms with Gasteiger partial charge in [-0.2, -0.15) is 0 Å². The second kappa shape index (κ2) is 6.53. The lowest BCUT2D eigenvalue weighted by Crippen LogP contribution is -2.30. The van der Waals surface area contributed by atoms with Gasteiger partial charge < -0.3 is 10.1 Å². The fraction of sp³-hybridized carbons (Fsp3) is 0.571. The first-order valence-electron chi connectivity index (χ1n) is 5.98. The van der Waals surface area contributed by atoms with Crippen molar-refractivity contribution in [3.8, 4) is 0 Å². The van der Waals surface area contributed by atoms with Crippen molar-refractivity contribution >= 4 is 15.9 Å². The fourth-order valence-electron chi connectivity index (χ4n) is 1.59. The standard InChI is InChI=1S/C14H22BrNO/c1-11(12-6-5-7-13(15)10-12)16-9-8-14(2,3)17-4/h5-7,10-11,16H,8-9H2,1-4H3/t11-/m1/s1. The van der Waals surface area contributed by atoms with E-state index in [-0.39, 0.29) is 5.60 Å². The Labute approximate surface area is 113 Å². The molecule has 0 aromatic heterocycles. The van der Waals surface area contributed by atoms with Gasteiger partial charge in [-0.05, 0) is 51.4 Å². The molecule has 0 heterocycles. The van der Waals surface area contributed by atoms with Crippen LogP contribution in [-0.2, 0) is 4.74 Å². The van der Waals surface area contributed by atoms with Gasteiger partial charge in [-0.3, -0.25) is 0 Å². The highest BCUT2D eigenvalue weighted by atomic mass is 79.9. The molecular weight excluding hydrogens is 278 g/mol. The molecule has 0 aliphatic heterocycles. The predicted molar refractivity (Wildman–Crippen MR) is 76.3 cm³/mol. The van der Waals surface area contributed by atoms with Gasteiger partial charge in [0.25, 0.3) is 0 Å². The molecule has 0 amide bonds. The minimum Gasteiger partial charge on any atom is -0.379 e. The van der Waals surface area contributed by atoms with E-state index in [0.717, 1.165) is 17.4 Å². The third-order valence-electron chi connectivity index (χ3n) is 3.08. The molecule has 1 atom stereocenters. The van der Waals surface area contributed by atoms with E-state index in [1.54, 1.807) is 7.11 Å². The molecule has 0 aliphatic rings. The van der Waals surface area contributed by atoms with Gasteiger partial charge in [-0.1, -0.05) is 28.1 Å². The molecular formula is C14H22BrNO. The summed E-state index contributed by atoms with van der Waals surface area (Å²) in [5.41, 5.74) is 1.25. The predicted octanol–water partition coefficient (Wildman–Crippen LogP) is 3.91. The summed E-state index contributed by atoms with van der Waals surface area (Å²) in [6, 6.07) is 8.77. The van der Waals surface area contributed by atoms with Gasteiger partial charge in [0.1, 0.15) is 0 Å². The molecule has 1 aromatic carbocycles. The molecule has 3 heteroatoms. The van der Waals surface area contributed by atoms with Crippen LogP contribution in [0.1, 0.15) is 38.8 Å². The summed E-state index contributed by atoms with van der Waals surface area (Å²) in [4.78, 5) is 0. The van der Waals surface area contributed by atoms with Gasteiger partial charge in [0, 0.05) is 17.6 Å². The maximum atomic E-state index is 5.40. The zero-order chi connectivity index (χ0) is 12.9. The van der Waals surface area contributed by atoms with E-state index in [0.29, 0.717) is 6.04 Å². The van der Waals surface area contributed by atoms with E-state index in [2.05, 4.69) is 60.2 Å². The third kappa shape index (κ3) is 5.19. The molecule has 0 saturated heterocycles. The van der Waals surface area contributed by atoms with Gasteiger partial charge >= 0.3 is 0 Å². The monoisotopic (exact) mass is 299 g/mol. The minimum absolute atomic E-state index is 0.0516. The Morgan fingerprint density at radius 2 is 2.12 bits per heavy atom. The molecule has 0 bridgehead atoms. The Balaban J connectivity index is 2.42. The number of ether oxygens (including phenoxy) is 1. The van der Waals surface area contributed by atoms with Gasteiger partial charge in [-0.25, -0.2) is 0 Å². The molecule has 1 rings (SSSR count). The average Bonchev–Trinajstić information content (AvgIpc) is 2.28. The second-order valence-corrected chi connectivity index (χ2v) is 5.86. The fourth-order valence-corrected chi connectivity index (χ4v) is 2.00. The number of hydrogen-bond donors (Lipinski definition) is 1. The van der Waals surface area contributed by atoms with Crippen LogP contribution in [0.3, 0.4) is 0 Å². The molecule has 1 N–H and O–H groups in total. The van der Waals surface area contributed by atoms with Crippen LogP contribution in [0.4, 0.5) is 0 Å². The van der Waals surface area contributed by atoms with Crippen LogP contribution >= 0.6 is 15.9 Å². The molecule has 96 valence electrons. The van der Waals surface area contributed by atoms with Gasteiger partial charge in [0.15, 0.2) is 0 Å². The Morgan fingerprint density at radius 3 is 2.71 bits per heavy atom. The molecule has 1 aromatic rings. The third-order valence-corrected chi connectivity index (χ3v) is 3.57. The SMILES string of the molecule is COC(C)(C)CCN[C@H](C)c1cccc(Br)c1. The van der Waals surface area contributed by atoms with Crippen LogP contribution in [0.15, 0.2) is 28.7 Å². The molecule has 2 nitrogen and oxygen atoms in total. The minimum atomic E-state index is -0.0516. The maximum Gasteiger partial charge on any atom is 0.0634 e.